The van der Waals surface area contributed by atoms with Crippen molar-refractivity contribution in [2.45, 2.75) is 13.8 Å². The van der Waals surface area contributed by atoms with E-state index in [0.717, 1.165) is 0 Å². The van der Waals surface area contributed by atoms with E-state index in [9.17, 15) is 14.4 Å². The quantitative estimate of drug-likeness (QED) is 0.847. The third-order valence-corrected chi connectivity index (χ3v) is 3.62. The van der Waals surface area contributed by atoms with Crippen LogP contribution in [0.5, 0.6) is 0 Å². The topological polar surface area (TPSA) is 91.7 Å². The summed E-state index contributed by atoms with van der Waals surface area (Å²) in [4.78, 5) is 35.0. The molecule has 0 heterocycles. The van der Waals surface area contributed by atoms with Crippen LogP contribution in [0.25, 0.3) is 0 Å². The molecule has 0 unspecified atom stereocenters. The molecule has 5 nitrogen and oxygen atoms in total. The first-order chi connectivity index (χ1) is 10.3. The van der Waals surface area contributed by atoms with Crippen LogP contribution in [-0.4, -0.2) is 27.9 Å². The van der Waals surface area contributed by atoms with Gasteiger partial charge in [0.25, 0.3) is 0 Å². The van der Waals surface area contributed by atoms with Crippen molar-refractivity contribution in [3.63, 3.8) is 0 Å². The zero-order chi connectivity index (χ0) is 16.4. The first-order valence-electron chi connectivity index (χ1n) is 6.55. The van der Waals surface area contributed by atoms with E-state index in [1.165, 1.54) is 36.4 Å². The van der Waals surface area contributed by atoms with E-state index in [2.05, 4.69) is 0 Å². The molecule has 0 radical (unpaired) electrons. The van der Waals surface area contributed by atoms with Gasteiger partial charge in [-0.05, 0) is 37.1 Å². The van der Waals surface area contributed by atoms with Gasteiger partial charge in [0.15, 0.2) is 5.78 Å². The third kappa shape index (κ3) is 2.61. The lowest BCUT2D eigenvalue weighted by Gasteiger charge is -2.11. The fraction of sp³-hybridized carbons (Fsp3) is 0.118. The molecular formula is C17H14O5. The molecule has 0 fully saturated rings. The Morgan fingerprint density at radius 1 is 0.682 bits per heavy atom. The Labute approximate surface area is 126 Å². The fourth-order valence-electron chi connectivity index (χ4n) is 2.37. The standard InChI is InChI=1S/C17H14O5/c1-9-11(5-3-7-13(9)16(19)20)15(18)12-6-4-8-14(10(12)2)17(21)22/h3-8H,1-2H3,(H,19,20)(H,21,22). The molecule has 0 bridgehead atoms. The van der Waals surface area contributed by atoms with Crippen molar-refractivity contribution in [2.24, 2.45) is 0 Å². The lowest BCUT2D eigenvalue weighted by atomic mass is 9.92. The predicted molar refractivity (Wildman–Crippen MR) is 79.7 cm³/mol. The fourth-order valence-corrected chi connectivity index (χ4v) is 2.37. The summed E-state index contributed by atoms with van der Waals surface area (Å²) >= 11 is 0. The van der Waals surface area contributed by atoms with Gasteiger partial charge in [-0.2, -0.15) is 0 Å². The van der Waals surface area contributed by atoms with E-state index >= 15 is 0 Å². The maximum absolute atomic E-state index is 12.7. The number of aromatic carboxylic acids is 2. The van der Waals surface area contributed by atoms with Gasteiger partial charge in [-0.1, -0.05) is 24.3 Å². The highest BCUT2D eigenvalue weighted by Crippen LogP contribution is 2.21. The van der Waals surface area contributed by atoms with Crippen LogP contribution >= 0.6 is 0 Å². The molecule has 0 atom stereocenters. The van der Waals surface area contributed by atoms with Crippen LogP contribution in [0.1, 0.15) is 47.8 Å². The van der Waals surface area contributed by atoms with Crippen molar-refractivity contribution in [2.75, 3.05) is 0 Å². The highest BCUT2D eigenvalue weighted by Gasteiger charge is 2.20. The monoisotopic (exact) mass is 298 g/mol. The summed E-state index contributed by atoms with van der Waals surface area (Å²) in [7, 11) is 0. The Balaban J connectivity index is 2.59. The van der Waals surface area contributed by atoms with Crippen molar-refractivity contribution in [3.8, 4) is 0 Å². The summed E-state index contributed by atoms with van der Waals surface area (Å²) in [5.41, 5.74) is 1.34. The molecule has 2 rings (SSSR count). The van der Waals surface area contributed by atoms with Crippen molar-refractivity contribution in [1.29, 1.82) is 0 Å². The van der Waals surface area contributed by atoms with Gasteiger partial charge in [-0.25, -0.2) is 9.59 Å². The largest absolute Gasteiger partial charge is 0.478 e. The normalized spacial score (nSPS) is 10.3. The number of carbonyl (C=O) groups is 3. The summed E-state index contributed by atoms with van der Waals surface area (Å²) in [6.45, 7) is 3.13. The molecule has 22 heavy (non-hydrogen) atoms. The van der Waals surface area contributed by atoms with Gasteiger partial charge >= 0.3 is 11.9 Å². The third-order valence-electron chi connectivity index (χ3n) is 3.62. The Morgan fingerprint density at radius 2 is 1.00 bits per heavy atom. The van der Waals surface area contributed by atoms with Crippen molar-refractivity contribution >= 4 is 17.7 Å². The van der Waals surface area contributed by atoms with Crippen LogP contribution in [0.3, 0.4) is 0 Å². The van der Waals surface area contributed by atoms with Crippen LogP contribution in [0.2, 0.25) is 0 Å². The number of ketones is 1. The van der Waals surface area contributed by atoms with Gasteiger partial charge in [0, 0.05) is 11.1 Å². The van der Waals surface area contributed by atoms with Crippen molar-refractivity contribution in [3.05, 3.63) is 69.8 Å². The average Bonchev–Trinajstić information content (AvgIpc) is 2.46. The van der Waals surface area contributed by atoms with Gasteiger partial charge in [0.1, 0.15) is 0 Å². The molecule has 0 saturated heterocycles. The molecule has 0 amide bonds. The molecule has 0 spiro atoms. The summed E-state index contributed by atoms with van der Waals surface area (Å²) in [6.07, 6.45) is 0. The van der Waals surface area contributed by atoms with E-state index in [1.54, 1.807) is 13.8 Å². The Hall–Kier alpha value is -2.95. The average molecular weight is 298 g/mol. The molecule has 2 N–H and O–H groups in total. The smallest absolute Gasteiger partial charge is 0.335 e. The Bertz CT molecular complexity index is 724. The van der Waals surface area contributed by atoms with E-state index in [4.69, 9.17) is 10.2 Å². The second-order valence-corrected chi connectivity index (χ2v) is 4.90. The minimum atomic E-state index is -1.11. The number of rotatable bonds is 4. The SMILES string of the molecule is Cc1c(C(=O)O)cccc1C(=O)c1cccc(C(=O)O)c1C. The first-order valence-corrected chi connectivity index (χ1v) is 6.55. The number of hydrogen-bond acceptors (Lipinski definition) is 3. The van der Waals surface area contributed by atoms with Gasteiger partial charge in [-0.15, -0.1) is 0 Å². The van der Waals surface area contributed by atoms with E-state index < -0.39 is 11.9 Å². The molecule has 0 saturated carbocycles. The van der Waals surface area contributed by atoms with E-state index in [0.29, 0.717) is 11.1 Å². The second kappa shape index (κ2) is 5.81. The minimum Gasteiger partial charge on any atom is -0.478 e. The molecule has 2 aromatic carbocycles. The molecular weight excluding hydrogens is 284 g/mol. The van der Waals surface area contributed by atoms with Gasteiger partial charge in [-0.3, -0.25) is 4.79 Å². The Kier molecular flexibility index (Phi) is 4.08. The van der Waals surface area contributed by atoms with Crippen LogP contribution < -0.4 is 0 Å². The molecule has 0 aliphatic carbocycles. The van der Waals surface area contributed by atoms with Crippen LogP contribution in [0.15, 0.2) is 36.4 Å². The zero-order valence-corrected chi connectivity index (χ0v) is 12.1. The van der Waals surface area contributed by atoms with Gasteiger partial charge in [0.05, 0.1) is 11.1 Å². The van der Waals surface area contributed by atoms with Crippen molar-refractivity contribution in [1.82, 2.24) is 0 Å². The van der Waals surface area contributed by atoms with Gasteiger partial charge in [0.2, 0.25) is 0 Å². The molecule has 0 aromatic heterocycles. The Morgan fingerprint density at radius 3 is 1.32 bits per heavy atom. The molecule has 2 aromatic rings. The lowest BCUT2D eigenvalue weighted by molar-refractivity contribution is 0.0685. The molecule has 5 heteroatoms. The highest BCUT2D eigenvalue weighted by molar-refractivity contribution is 6.13. The molecule has 0 aliphatic heterocycles. The first kappa shape index (κ1) is 15.4. The lowest BCUT2D eigenvalue weighted by Crippen LogP contribution is -2.11. The number of carboxylic acids is 2. The summed E-state index contributed by atoms with van der Waals surface area (Å²) in [6, 6.07) is 8.93. The highest BCUT2D eigenvalue weighted by atomic mass is 16.4. The maximum Gasteiger partial charge on any atom is 0.335 e. The van der Waals surface area contributed by atoms with Crippen molar-refractivity contribution < 1.29 is 24.6 Å². The van der Waals surface area contributed by atoms with E-state index in [-0.39, 0.29) is 28.0 Å². The summed E-state index contributed by atoms with van der Waals surface area (Å²) < 4.78 is 0. The predicted octanol–water partition coefficient (Wildman–Crippen LogP) is 2.93. The van der Waals surface area contributed by atoms with E-state index in [1.807, 2.05) is 0 Å². The maximum atomic E-state index is 12.7. The second-order valence-electron chi connectivity index (χ2n) is 4.90. The zero-order valence-electron chi connectivity index (χ0n) is 12.1. The summed E-state index contributed by atoms with van der Waals surface area (Å²) in [5, 5.41) is 18.2. The van der Waals surface area contributed by atoms with Crippen LogP contribution in [0, 0.1) is 13.8 Å². The molecule has 112 valence electrons. The number of carboxylic acid groups (broad SMARTS) is 2. The van der Waals surface area contributed by atoms with Crippen LogP contribution in [-0.2, 0) is 0 Å². The number of hydrogen-bond donors (Lipinski definition) is 2. The summed E-state index contributed by atoms with van der Waals surface area (Å²) in [5.74, 6) is -2.60. The van der Waals surface area contributed by atoms with Gasteiger partial charge < -0.3 is 10.2 Å². The number of carbonyl (C=O) groups excluding carboxylic acids is 1. The molecule has 0 aliphatic rings. The minimum absolute atomic E-state index is 0.0536. The van der Waals surface area contributed by atoms with Crippen LogP contribution in [0.4, 0.5) is 0 Å². The number of benzene rings is 2.